The number of anilines is 2. The van der Waals surface area contributed by atoms with Crippen molar-refractivity contribution in [2.24, 2.45) is 17.6 Å². The minimum Gasteiger partial charge on any atom is -0.510 e. The van der Waals surface area contributed by atoms with Crippen molar-refractivity contribution in [1.82, 2.24) is 4.90 Å². The first-order chi connectivity index (χ1) is 18.7. The van der Waals surface area contributed by atoms with Gasteiger partial charge in [0.1, 0.15) is 23.7 Å². The molecule has 0 fully saturated rings. The van der Waals surface area contributed by atoms with Crippen LogP contribution < -0.4 is 16.0 Å². The number of aliphatic hydroxyl groups excluding tert-OH is 2. The molecule has 4 rings (SSSR count). The Kier molecular flexibility index (Phi) is 7.15. The first-order valence-electron chi connectivity index (χ1n) is 12.4. The van der Waals surface area contributed by atoms with Gasteiger partial charge >= 0.3 is 6.09 Å². The van der Waals surface area contributed by atoms with Gasteiger partial charge in [0.2, 0.25) is 5.78 Å². The smallest absolute Gasteiger partial charge is 0.412 e. The van der Waals surface area contributed by atoms with Crippen LogP contribution in [-0.4, -0.2) is 95.3 Å². The number of allylic oxidation sites excluding steroid dienone is 1. The molecule has 13 nitrogen and oxygen atoms in total. The van der Waals surface area contributed by atoms with Gasteiger partial charge in [0.25, 0.3) is 5.91 Å². The average molecular weight is 557 g/mol. The highest BCUT2D eigenvalue weighted by Gasteiger charge is 2.63. The highest BCUT2D eigenvalue weighted by Crippen LogP contribution is 2.53. The molecule has 0 spiro atoms. The molecular formula is C27H32N4O9. The zero-order valence-corrected chi connectivity index (χ0v) is 22.5. The van der Waals surface area contributed by atoms with Crippen molar-refractivity contribution in [3.63, 3.8) is 0 Å². The highest BCUT2D eigenvalue weighted by atomic mass is 16.5. The molecule has 3 aliphatic carbocycles. The largest absolute Gasteiger partial charge is 0.510 e. The number of nitrogens with two attached hydrogens (primary N) is 1. The number of primary amides is 1. The zero-order chi connectivity index (χ0) is 29.8. The molecule has 0 saturated carbocycles. The summed E-state index contributed by atoms with van der Waals surface area (Å²) in [6, 6.07) is 0.394. The van der Waals surface area contributed by atoms with Crippen LogP contribution in [0.4, 0.5) is 16.2 Å². The number of Topliss-reactive ketones (excluding diaryl/α,β-unsaturated/α-hetero) is 2. The van der Waals surface area contributed by atoms with Gasteiger partial charge in [0.05, 0.1) is 17.3 Å². The molecule has 1 aromatic rings. The van der Waals surface area contributed by atoms with Crippen molar-refractivity contribution in [1.29, 1.82) is 0 Å². The number of fused-ring (bicyclic) bond motifs is 3. The normalized spacial score (nSPS) is 25.7. The van der Waals surface area contributed by atoms with Gasteiger partial charge < -0.3 is 35.8 Å². The van der Waals surface area contributed by atoms with E-state index in [4.69, 9.17) is 10.5 Å². The third-order valence-electron chi connectivity index (χ3n) is 7.75. The SMILES string of the molecule is C=CCOC(=O)Nc1cc(N(C)C)c2c(c1O)C(=O)C1=C(O)[C@]3(O)C(=O)C(C(N)=O)=C(O)[C@@H](N(C)C)C3CC1C2. The third-order valence-corrected chi connectivity index (χ3v) is 7.75. The van der Waals surface area contributed by atoms with Crippen molar-refractivity contribution in [3.8, 4) is 5.75 Å². The van der Waals surface area contributed by atoms with Crippen LogP contribution in [0.1, 0.15) is 22.3 Å². The molecule has 1 aromatic carbocycles. The minimum absolute atomic E-state index is 0.0345. The van der Waals surface area contributed by atoms with Gasteiger partial charge in [-0.1, -0.05) is 12.7 Å². The Bertz CT molecular complexity index is 1410. The van der Waals surface area contributed by atoms with Gasteiger partial charge in [-0.15, -0.1) is 0 Å². The number of nitrogens with zero attached hydrogens (tertiary/aromatic N) is 2. The molecule has 3 aliphatic rings. The van der Waals surface area contributed by atoms with E-state index in [9.17, 15) is 39.6 Å². The number of hydrogen-bond donors (Lipinski definition) is 6. The van der Waals surface area contributed by atoms with Gasteiger partial charge in [-0.05, 0) is 44.5 Å². The molecule has 2 amide bonds. The highest BCUT2D eigenvalue weighted by molar-refractivity contribution is 6.25. The fourth-order valence-electron chi connectivity index (χ4n) is 6.07. The maximum atomic E-state index is 13.9. The molecular weight excluding hydrogens is 524 g/mol. The summed E-state index contributed by atoms with van der Waals surface area (Å²) in [4.78, 5) is 54.8. The number of ketones is 2. The summed E-state index contributed by atoms with van der Waals surface area (Å²) in [5.74, 6) is -7.53. The lowest BCUT2D eigenvalue weighted by molar-refractivity contribution is -0.148. The van der Waals surface area contributed by atoms with Gasteiger partial charge in [-0.3, -0.25) is 24.6 Å². The minimum atomic E-state index is -2.74. The number of amides is 2. The van der Waals surface area contributed by atoms with Crippen LogP contribution in [0, 0.1) is 11.8 Å². The topological polar surface area (TPSA) is 203 Å². The molecule has 40 heavy (non-hydrogen) atoms. The van der Waals surface area contributed by atoms with Gasteiger partial charge in [-0.25, -0.2) is 4.79 Å². The zero-order valence-electron chi connectivity index (χ0n) is 22.5. The van der Waals surface area contributed by atoms with E-state index in [2.05, 4.69) is 11.9 Å². The summed E-state index contributed by atoms with van der Waals surface area (Å²) in [6.07, 6.45) is 0.513. The van der Waals surface area contributed by atoms with Crippen molar-refractivity contribution < 1.29 is 44.3 Å². The molecule has 4 atom stereocenters. The van der Waals surface area contributed by atoms with Crippen molar-refractivity contribution in [2.45, 2.75) is 24.5 Å². The molecule has 0 heterocycles. The molecule has 0 saturated heterocycles. The van der Waals surface area contributed by atoms with Crippen molar-refractivity contribution in [3.05, 3.63) is 52.5 Å². The van der Waals surface area contributed by atoms with Crippen molar-refractivity contribution in [2.75, 3.05) is 45.0 Å². The maximum absolute atomic E-state index is 13.9. The number of hydrogen-bond acceptors (Lipinski definition) is 11. The van der Waals surface area contributed by atoms with Crippen LogP contribution >= 0.6 is 0 Å². The third kappa shape index (κ3) is 4.09. The Morgan fingerprint density at radius 3 is 2.42 bits per heavy atom. The summed E-state index contributed by atoms with van der Waals surface area (Å²) in [7, 11) is 6.53. The standard InChI is InChI=1S/C27H32N4O9/c1-6-7-40-26(38)29-14-10-15(30(2)3)12-8-11-9-13-19(31(4)5)22(34)18(25(28)37)24(36)27(13,39)23(35)16(11)21(33)17(12)20(14)32/h6,10-11,13,19,32,34-35,39H,1,7-9H2,2-5H3,(H2,28,37)(H,29,38)/t11?,13?,19-,27-/m0/s1. The molecule has 2 unspecified atom stereocenters. The lowest BCUT2D eigenvalue weighted by Gasteiger charge is -2.50. The van der Waals surface area contributed by atoms with Crippen LogP contribution in [0.2, 0.25) is 0 Å². The summed E-state index contributed by atoms with van der Waals surface area (Å²) in [6.45, 7) is 3.36. The van der Waals surface area contributed by atoms with E-state index in [0.717, 1.165) is 0 Å². The maximum Gasteiger partial charge on any atom is 0.412 e. The number of ether oxygens (including phenoxy) is 1. The Morgan fingerprint density at radius 2 is 1.88 bits per heavy atom. The lowest BCUT2D eigenvalue weighted by atomic mass is 9.58. The second-order valence-electron chi connectivity index (χ2n) is 10.5. The van der Waals surface area contributed by atoms with Crippen molar-refractivity contribution >= 4 is 34.9 Å². The van der Waals surface area contributed by atoms with Crippen LogP contribution in [0.5, 0.6) is 5.75 Å². The van der Waals surface area contributed by atoms with E-state index in [1.807, 2.05) is 0 Å². The summed E-state index contributed by atoms with van der Waals surface area (Å²) in [5.41, 5.74) is 1.97. The van der Waals surface area contributed by atoms with E-state index >= 15 is 0 Å². The summed E-state index contributed by atoms with van der Waals surface area (Å²) < 4.78 is 4.91. The van der Waals surface area contributed by atoms with Gasteiger partial charge in [0, 0.05) is 31.3 Å². The molecule has 0 aromatic heterocycles. The second-order valence-corrected chi connectivity index (χ2v) is 10.5. The number of aliphatic hydroxyl groups is 3. The number of nitrogens with one attached hydrogen (secondary N) is 1. The van der Waals surface area contributed by atoms with E-state index in [-0.39, 0.29) is 36.3 Å². The van der Waals surface area contributed by atoms with Crippen LogP contribution in [0.15, 0.2) is 41.4 Å². The quantitative estimate of drug-likeness (QED) is 0.165. The molecule has 13 heteroatoms. The number of aromatic hydroxyl groups is 1. The van der Waals surface area contributed by atoms with Crippen LogP contribution in [-0.2, 0) is 20.7 Å². The summed E-state index contributed by atoms with van der Waals surface area (Å²) >= 11 is 0. The fraction of sp³-hybridized carbons (Fsp3) is 0.407. The second kappa shape index (κ2) is 9.99. The Labute approximate surface area is 229 Å². The van der Waals surface area contributed by atoms with Crippen LogP contribution in [0.3, 0.4) is 0 Å². The van der Waals surface area contributed by atoms with E-state index in [0.29, 0.717) is 11.3 Å². The molecule has 214 valence electrons. The van der Waals surface area contributed by atoms with Gasteiger partial charge in [-0.2, -0.15) is 0 Å². The Hall–Kier alpha value is -4.36. The molecule has 0 radical (unpaired) electrons. The number of phenols is 1. The van der Waals surface area contributed by atoms with E-state index < -0.39 is 69.9 Å². The predicted molar refractivity (Wildman–Crippen MR) is 143 cm³/mol. The number of phenolic OH excluding ortho intramolecular Hbond substituents is 1. The van der Waals surface area contributed by atoms with Crippen LogP contribution in [0.25, 0.3) is 0 Å². The first kappa shape index (κ1) is 28.6. The number of rotatable bonds is 6. The number of carbonyl (C=O) groups excluding carboxylic acids is 4. The molecule has 0 bridgehead atoms. The van der Waals surface area contributed by atoms with E-state index in [1.165, 1.54) is 17.0 Å². The molecule has 0 aliphatic heterocycles. The molecule has 7 N–H and O–H groups in total. The van der Waals surface area contributed by atoms with Gasteiger partial charge in [0.15, 0.2) is 17.1 Å². The number of benzene rings is 1. The monoisotopic (exact) mass is 556 g/mol. The predicted octanol–water partition coefficient (Wildman–Crippen LogP) is 0.921. The lowest BCUT2D eigenvalue weighted by Crippen LogP contribution is -2.63. The average Bonchev–Trinajstić information content (AvgIpc) is 2.85. The Morgan fingerprint density at radius 1 is 1.23 bits per heavy atom. The summed E-state index contributed by atoms with van der Waals surface area (Å²) in [5, 5.41) is 47.5. The first-order valence-corrected chi connectivity index (χ1v) is 12.4. The van der Waals surface area contributed by atoms with E-state index in [1.54, 1.807) is 33.1 Å². The number of carbonyl (C=O) groups is 4. The fourth-order valence-corrected chi connectivity index (χ4v) is 6.07. The Balaban J connectivity index is 1.92. The number of likely N-dealkylation sites (N-methyl/N-ethyl adjacent to an activating group) is 1.